The molecule has 1 aliphatic heterocycles. The van der Waals surface area contributed by atoms with Crippen molar-refractivity contribution in [3.63, 3.8) is 0 Å². The van der Waals surface area contributed by atoms with E-state index < -0.39 is 39.6 Å². The molecule has 16 heteroatoms. The highest BCUT2D eigenvalue weighted by Crippen LogP contribution is 2.51. The quantitative estimate of drug-likeness (QED) is 0.164. The number of hydrogen-bond donors (Lipinski definition) is 2. The second kappa shape index (κ2) is 12.5. The van der Waals surface area contributed by atoms with Crippen molar-refractivity contribution in [3.8, 4) is 22.8 Å². The Morgan fingerprint density at radius 1 is 0.875 bits per heavy atom. The van der Waals surface area contributed by atoms with Crippen molar-refractivity contribution in [1.29, 1.82) is 0 Å². The van der Waals surface area contributed by atoms with E-state index in [0.717, 1.165) is 17.5 Å². The van der Waals surface area contributed by atoms with Gasteiger partial charge in [0.1, 0.15) is 0 Å². The summed E-state index contributed by atoms with van der Waals surface area (Å²) < 4.78 is 124. The van der Waals surface area contributed by atoms with E-state index in [1.807, 2.05) is 0 Å². The Hall–Kier alpha value is -3.89. The first-order valence-electron chi connectivity index (χ1n) is 14.1. The number of hydrogen-bond acceptors (Lipinski definition) is 7. The summed E-state index contributed by atoms with van der Waals surface area (Å²) in [5, 5.41) is 10.7. The molecule has 1 atom stereocenters. The summed E-state index contributed by atoms with van der Waals surface area (Å²) in [6.45, 7) is 0.741. The molecule has 5 aromatic rings. The zero-order chi connectivity index (χ0) is 34.5. The van der Waals surface area contributed by atoms with E-state index in [0.29, 0.717) is 58.0 Å². The van der Waals surface area contributed by atoms with Crippen molar-refractivity contribution >= 4 is 43.0 Å². The monoisotopic (exact) mass is 728 g/mol. The minimum atomic E-state index is -6.08. The predicted molar refractivity (Wildman–Crippen MR) is 167 cm³/mol. The van der Waals surface area contributed by atoms with E-state index in [-0.39, 0.29) is 26.9 Å². The Kier molecular flexibility index (Phi) is 8.87. The van der Waals surface area contributed by atoms with Gasteiger partial charge in [0.15, 0.2) is 11.5 Å². The number of halogens is 7. The van der Waals surface area contributed by atoms with Crippen LogP contribution in [-0.2, 0) is 15.6 Å². The average molecular weight is 729 g/mol. The summed E-state index contributed by atoms with van der Waals surface area (Å²) in [4.78, 5) is 4.30. The third-order valence-corrected chi connectivity index (χ3v) is 10.7. The lowest BCUT2D eigenvalue weighted by atomic mass is 9.91. The lowest BCUT2D eigenvalue weighted by molar-refractivity contribution is -0.376. The van der Waals surface area contributed by atoms with Gasteiger partial charge in [-0.25, -0.2) is 8.42 Å². The van der Waals surface area contributed by atoms with Gasteiger partial charge in [0, 0.05) is 44.4 Å². The highest BCUT2D eigenvalue weighted by molar-refractivity contribution is 7.89. The van der Waals surface area contributed by atoms with Crippen molar-refractivity contribution in [2.75, 3.05) is 13.2 Å². The number of nitrogens with zero attached hydrogens (tertiary/aromatic N) is 1. The zero-order valence-corrected chi connectivity index (χ0v) is 26.7. The standard InChI is InChI=1S/C32H23ClF6N2O5S2/c33-23-8-2-1-6-21(23)28(41-48(43,44)20-9-10-25-26(17-20)46-14-4-13-45-25)27-15-18-5-3-7-22(29(18)47-27)24-16-19(11-12-40-24)30(42,31(34,35)36)32(37,38)39/h1-3,5-12,15-17,28,41-42H,4,13-14H2/t28-/m1/s1. The summed E-state index contributed by atoms with van der Waals surface area (Å²) in [5.74, 6) is 0.654. The fourth-order valence-electron chi connectivity index (χ4n) is 5.24. The molecule has 0 bridgehead atoms. The van der Waals surface area contributed by atoms with E-state index in [9.17, 15) is 39.9 Å². The fourth-order valence-corrected chi connectivity index (χ4v) is 8.02. The van der Waals surface area contributed by atoms with Crippen LogP contribution in [0, 0.1) is 0 Å². The number of aliphatic hydroxyl groups is 1. The molecular formula is C32H23ClF6N2O5S2. The molecule has 6 rings (SSSR count). The Bertz CT molecular complexity index is 2090. The third kappa shape index (κ3) is 6.20. The molecule has 252 valence electrons. The van der Waals surface area contributed by atoms with Crippen LogP contribution in [0.2, 0.25) is 5.02 Å². The lowest BCUT2D eigenvalue weighted by Crippen LogP contribution is -2.53. The van der Waals surface area contributed by atoms with Crippen molar-refractivity contribution in [3.05, 3.63) is 106 Å². The molecule has 0 saturated carbocycles. The number of benzene rings is 3. The summed E-state index contributed by atoms with van der Waals surface area (Å²) in [6, 6.07) is 16.9. The molecule has 48 heavy (non-hydrogen) atoms. The van der Waals surface area contributed by atoms with Crippen LogP contribution in [0.4, 0.5) is 26.3 Å². The Morgan fingerprint density at radius 2 is 1.58 bits per heavy atom. The number of ether oxygens (including phenoxy) is 2. The zero-order valence-electron chi connectivity index (χ0n) is 24.3. The Labute approximate surface area is 278 Å². The summed E-state index contributed by atoms with van der Waals surface area (Å²) >= 11 is 7.57. The molecule has 3 aromatic carbocycles. The molecule has 0 saturated heterocycles. The number of aromatic nitrogens is 1. The van der Waals surface area contributed by atoms with Gasteiger partial charge in [0.05, 0.1) is 29.8 Å². The van der Waals surface area contributed by atoms with Gasteiger partial charge in [-0.15, -0.1) is 11.3 Å². The number of thiophene rings is 1. The van der Waals surface area contributed by atoms with Gasteiger partial charge < -0.3 is 14.6 Å². The van der Waals surface area contributed by atoms with Crippen LogP contribution in [0.25, 0.3) is 21.3 Å². The minimum Gasteiger partial charge on any atom is -0.490 e. The summed E-state index contributed by atoms with van der Waals surface area (Å²) in [5.41, 5.74) is -6.35. The number of pyridine rings is 1. The molecular weight excluding hydrogens is 706 g/mol. The maximum absolute atomic E-state index is 13.8. The molecule has 0 radical (unpaired) electrons. The van der Waals surface area contributed by atoms with Gasteiger partial charge in [0.2, 0.25) is 10.0 Å². The SMILES string of the molecule is O=S(=O)(N[C@@H](c1cc2cccc(-c3cc(C(O)(C(F)(F)F)C(F)(F)F)ccn3)c2s1)c1ccccc1Cl)c1ccc2c(c1)OCCCO2. The highest BCUT2D eigenvalue weighted by atomic mass is 35.5. The minimum absolute atomic E-state index is 0.117. The van der Waals surface area contributed by atoms with E-state index in [2.05, 4.69) is 9.71 Å². The van der Waals surface area contributed by atoms with Crippen molar-refractivity contribution < 1.29 is 49.3 Å². The molecule has 0 fully saturated rings. The van der Waals surface area contributed by atoms with Crippen molar-refractivity contribution in [2.24, 2.45) is 0 Å². The second-order valence-electron chi connectivity index (χ2n) is 10.7. The molecule has 3 heterocycles. The van der Waals surface area contributed by atoms with Gasteiger partial charge in [-0.2, -0.15) is 31.1 Å². The van der Waals surface area contributed by atoms with Crippen LogP contribution in [0.3, 0.4) is 0 Å². The van der Waals surface area contributed by atoms with Crippen LogP contribution in [0.1, 0.15) is 28.5 Å². The lowest BCUT2D eigenvalue weighted by Gasteiger charge is -2.32. The number of alkyl halides is 6. The molecule has 7 nitrogen and oxygen atoms in total. The number of fused-ring (bicyclic) bond motifs is 2. The number of nitrogens with one attached hydrogen (secondary N) is 1. The molecule has 2 N–H and O–H groups in total. The predicted octanol–water partition coefficient (Wildman–Crippen LogP) is 8.16. The van der Waals surface area contributed by atoms with Crippen molar-refractivity contribution in [2.45, 2.75) is 35.3 Å². The van der Waals surface area contributed by atoms with Crippen LogP contribution >= 0.6 is 22.9 Å². The van der Waals surface area contributed by atoms with E-state index in [1.165, 1.54) is 30.3 Å². The molecule has 0 aliphatic carbocycles. The van der Waals surface area contributed by atoms with E-state index in [4.69, 9.17) is 21.1 Å². The summed E-state index contributed by atoms with van der Waals surface area (Å²) in [7, 11) is -4.26. The van der Waals surface area contributed by atoms with Crippen molar-refractivity contribution in [1.82, 2.24) is 9.71 Å². The van der Waals surface area contributed by atoms with Crippen LogP contribution in [-0.4, -0.2) is 44.1 Å². The Balaban J connectivity index is 1.45. The van der Waals surface area contributed by atoms with Crippen LogP contribution in [0.5, 0.6) is 11.5 Å². The number of sulfonamides is 1. The molecule has 2 aromatic heterocycles. The van der Waals surface area contributed by atoms with Crippen LogP contribution in [0.15, 0.2) is 90.0 Å². The van der Waals surface area contributed by atoms with Gasteiger partial charge in [-0.05, 0) is 47.3 Å². The largest absolute Gasteiger partial charge is 0.490 e. The summed E-state index contributed by atoms with van der Waals surface area (Å²) in [6.07, 6.45) is -10.8. The molecule has 0 amide bonds. The van der Waals surface area contributed by atoms with Gasteiger partial charge in [-0.3, -0.25) is 4.98 Å². The van der Waals surface area contributed by atoms with Crippen LogP contribution < -0.4 is 14.2 Å². The average Bonchev–Trinajstić information content (AvgIpc) is 3.33. The second-order valence-corrected chi connectivity index (χ2v) is 13.9. The molecule has 1 aliphatic rings. The van der Waals surface area contributed by atoms with E-state index in [1.54, 1.807) is 36.4 Å². The maximum Gasteiger partial charge on any atom is 0.430 e. The van der Waals surface area contributed by atoms with Gasteiger partial charge in [-0.1, -0.05) is 48.0 Å². The molecule has 0 spiro atoms. The first-order valence-corrected chi connectivity index (χ1v) is 16.8. The van der Waals surface area contributed by atoms with Gasteiger partial charge >= 0.3 is 12.4 Å². The first kappa shape index (κ1) is 34.0. The number of rotatable bonds is 7. The normalized spacial score (nSPS) is 14.9. The Morgan fingerprint density at radius 3 is 2.29 bits per heavy atom. The maximum atomic E-state index is 13.8. The topological polar surface area (TPSA) is 97.8 Å². The van der Waals surface area contributed by atoms with Gasteiger partial charge in [0.25, 0.3) is 5.60 Å². The van der Waals surface area contributed by atoms with E-state index >= 15 is 0 Å². The molecule has 0 unspecified atom stereocenters. The first-order chi connectivity index (χ1) is 22.6. The third-order valence-electron chi connectivity index (χ3n) is 7.64. The smallest absolute Gasteiger partial charge is 0.430 e. The fraction of sp³-hybridized carbons (Fsp3) is 0.219. The highest BCUT2D eigenvalue weighted by Gasteiger charge is 2.71.